The van der Waals surface area contributed by atoms with Gasteiger partial charge in [-0.3, -0.25) is 9.59 Å². The third kappa shape index (κ3) is 7.76. The molecule has 1 aliphatic heterocycles. The second kappa shape index (κ2) is 9.71. The minimum Gasteiger partial charge on any atom is -0.383 e. The predicted octanol–water partition coefficient (Wildman–Crippen LogP) is -1.37. The maximum absolute atomic E-state index is 11.6. The SMILES string of the molecule is COCCNC(=O)CCNC(=O)CC1CNCCO1. The average molecular weight is 273 g/mol. The number of methoxy groups -OCH3 is 1. The van der Waals surface area contributed by atoms with E-state index in [2.05, 4.69) is 16.0 Å². The van der Waals surface area contributed by atoms with E-state index >= 15 is 0 Å². The van der Waals surface area contributed by atoms with Gasteiger partial charge in [0.05, 0.1) is 25.7 Å². The lowest BCUT2D eigenvalue weighted by molar-refractivity contribution is -0.124. The van der Waals surface area contributed by atoms with E-state index in [0.29, 0.717) is 39.3 Å². The van der Waals surface area contributed by atoms with Crippen LogP contribution in [-0.4, -0.2) is 64.4 Å². The Morgan fingerprint density at radius 3 is 2.79 bits per heavy atom. The van der Waals surface area contributed by atoms with Crippen molar-refractivity contribution >= 4 is 11.8 Å². The van der Waals surface area contributed by atoms with E-state index in [1.54, 1.807) is 7.11 Å². The zero-order chi connectivity index (χ0) is 13.9. The van der Waals surface area contributed by atoms with Crippen LogP contribution in [0.1, 0.15) is 12.8 Å². The molecule has 0 aliphatic carbocycles. The minimum atomic E-state index is -0.0899. The van der Waals surface area contributed by atoms with E-state index in [4.69, 9.17) is 9.47 Å². The molecule has 1 unspecified atom stereocenters. The maximum Gasteiger partial charge on any atom is 0.222 e. The Balaban J connectivity index is 2.01. The first-order chi connectivity index (χ1) is 9.22. The number of amides is 2. The van der Waals surface area contributed by atoms with Gasteiger partial charge in [0.15, 0.2) is 0 Å². The summed E-state index contributed by atoms with van der Waals surface area (Å²) in [5, 5.41) is 8.56. The van der Waals surface area contributed by atoms with Gasteiger partial charge in [0, 0.05) is 39.7 Å². The quantitative estimate of drug-likeness (QED) is 0.475. The number of hydrogen-bond acceptors (Lipinski definition) is 5. The van der Waals surface area contributed by atoms with E-state index in [-0.39, 0.29) is 24.3 Å². The summed E-state index contributed by atoms with van der Waals surface area (Å²) >= 11 is 0. The fourth-order valence-corrected chi connectivity index (χ4v) is 1.73. The van der Waals surface area contributed by atoms with Crippen molar-refractivity contribution in [2.75, 3.05) is 46.5 Å². The fourth-order valence-electron chi connectivity index (χ4n) is 1.73. The van der Waals surface area contributed by atoms with Crippen LogP contribution in [0.2, 0.25) is 0 Å². The summed E-state index contributed by atoms with van der Waals surface area (Å²) in [7, 11) is 1.58. The molecule has 7 nitrogen and oxygen atoms in total. The average Bonchev–Trinajstić information content (AvgIpc) is 2.40. The number of carbonyl (C=O) groups excluding carboxylic acids is 2. The number of nitrogens with one attached hydrogen (secondary N) is 3. The summed E-state index contributed by atoms with van der Waals surface area (Å²) in [6.45, 7) is 3.50. The monoisotopic (exact) mass is 273 g/mol. The molecule has 0 aromatic carbocycles. The molecular weight excluding hydrogens is 250 g/mol. The standard InChI is InChI=1S/C12H23N3O4/c1-18-6-5-15-11(16)2-3-14-12(17)8-10-9-13-4-7-19-10/h10,13H,2-9H2,1H3,(H,14,17)(H,15,16). The molecule has 19 heavy (non-hydrogen) atoms. The molecule has 1 rings (SSSR count). The maximum atomic E-state index is 11.6. The topological polar surface area (TPSA) is 88.7 Å². The Morgan fingerprint density at radius 2 is 2.11 bits per heavy atom. The van der Waals surface area contributed by atoms with E-state index in [1.165, 1.54) is 0 Å². The molecule has 0 spiro atoms. The van der Waals surface area contributed by atoms with Crippen molar-refractivity contribution in [3.63, 3.8) is 0 Å². The molecule has 0 bridgehead atoms. The van der Waals surface area contributed by atoms with Gasteiger partial charge in [0.25, 0.3) is 0 Å². The van der Waals surface area contributed by atoms with E-state index < -0.39 is 0 Å². The second-order valence-electron chi connectivity index (χ2n) is 4.34. The Bertz CT molecular complexity index is 280. The lowest BCUT2D eigenvalue weighted by Gasteiger charge is -2.22. The number of hydrogen-bond donors (Lipinski definition) is 3. The normalized spacial score (nSPS) is 18.9. The zero-order valence-corrected chi connectivity index (χ0v) is 11.4. The highest BCUT2D eigenvalue weighted by Crippen LogP contribution is 2.00. The number of ether oxygens (including phenoxy) is 2. The second-order valence-corrected chi connectivity index (χ2v) is 4.34. The number of rotatable bonds is 8. The lowest BCUT2D eigenvalue weighted by atomic mass is 10.2. The zero-order valence-electron chi connectivity index (χ0n) is 11.4. The third-order valence-electron chi connectivity index (χ3n) is 2.72. The van der Waals surface area contributed by atoms with E-state index in [1.807, 2.05) is 0 Å². The van der Waals surface area contributed by atoms with Gasteiger partial charge in [-0.15, -0.1) is 0 Å². The van der Waals surface area contributed by atoms with Crippen LogP contribution in [0.25, 0.3) is 0 Å². The van der Waals surface area contributed by atoms with Crippen molar-refractivity contribution in [1.29, 1.82) is 0 Å². The molecule has 1 saturated heterocycles. The van der Waals surface area contributed by atoms with Crippen LogP contribution in [0.5, 0.6) is 0 Å². The Hall–Kier alpha value is -1.18. The minimum absolute atomic E-state index is 0.0655. The van der Waals surface area contributed by atoms with Gasteiger partial charge < -0.3 is 25.4 Å². The summed E-state index contributed by atoms with van der Waals surface area (Å²) in [6, 6.07) is 0. The molecule has 0 aromatic rings. The first-order valence-corrected chi connectivity index (χ1v) is 6.57. The number of carbonyl (C=O) groups is 2. The Morgan fingerprint density at radius 1 is 1.32 bits per heavy atom. The molecule has 110 valence electrons. The van der Waals surface area contributed by atoms with Crippen LogP contribution in [0.15, 0.2) is 0 Å². The van der Waals surface area contributed by atoms with Crippen LogP contribution >= 0.6 is 0 Å². The Labute approximate surface area is 113 Å². The molecule has 1 atom stereocenters. The third-order valence-corrected chi connectivity index (χ3v) is 2.72. The highest BCUT2D eigenvalue weighted by molar-refractivity contribution is 5.79. The van der Waals surface area contributed by atoms with Crippen molar-refractivity contribution in [3.05, 3.63) is 0 Å². The van der Waals surface area contributed by atoms with E-state index in [9.17, 15) is 9.59 Å². The molecule has 7 heteroatoms. The summed E-state index contributed by atoms with van der Waals surface area (Å²) in [6.07, 6.45) is 0.543. The molecule has 2 amide bonds. The van der Waals surface area contributed by atoms with Crippen molar-refractivity contribution < 1.29 is 19.1 Å². The molecule has 0 saturated carbocycles. The molecule has 1 fully saturated rings. The molecule has 1 heterocycles. The van der Waals surface area contributed by atoms with Gasteiger partial charge in [-0.25, -0.2) is 0 Å². The van der Waals surface area contributed by atoms with Gasteiger partial charge >= 0.3 is 0 Å². The van der Waals surface area contributed by atoms with Crippen LogP contribution in [-0.2, 0) is 19.1 Å². The highest BCUT2D eigenvalue weighted by atomic mass is 16.5. The van der Waals surface area contributed by atoms with Crippen molar-refractivity contribution in [1.82, 2.24) is 16.0 Å². The van der Waals surface area contributed by atoms with Crippen molar-refractivity contribution in [2.45, 2.75) is 18.9 Å². The largest absolute Gasteiger partial charge is 0.383 e. The highest BCUT2D eigenvalue weighted by Gasteiger charge is 2.16. The van der Waals surface area contributed by atoms with Crippen LogP contribution in [0.3, 0.4) is 0 Å². The molecule has 1 aliphatic rings. The fraction of sp³-hybridized carbons (Fsp3) is 0.833. The summed E-state index contributed by atoms with van der Waals surface area (Å²) in [5.41, 5.74) is 0. The molecule has 0 aromatic heterocycles. The summed E-state index contributed by atoms with van der Waals surface area (Å²) < 4.78 is 10.2. The lowest BCUT2D eigenvalue weighted by Crippen LogP contribution is -2.41. The van der Waals surface area contributed by atoms with Gasteiger partial charge in [-0.1, -0.05) is 0 Å². The van der Waals surface area contributed by atoms with Crippen molar-refractivity contribution in [2.24, 2.45) is 0 Å². The van der Waals surface area contributed by atoms with Gasteiger partial charge in [-0.2, -0.15) is 0 Å². The van der Waals surface area contributed by atoms with Gasteiger partial charge in [0.1, 0.15) is 0 Å². The van der Waals surface area contributed by atoms with E-state index in [0.717, 1.165) is 6.54 Å². The number of morpholine rings is 1. The first-order valence-electron chi connectivity index (χ1n) is 6.57. The van der Waals surface area contributed by atoms with Crippen LogP contribution in [0, 0.1) is 0 Å². The van der Waals surface area contributed by atoms with Gasteiger partial charge in [-0.05, 0) is 0 Å². The molecule has 0 radical (unpaired) electrons. The predicted molar refractivity (Wildman–Crippen MR) is 69.7 cm³/mol. The summed E-state index contributed by atoms with van der Waals surface area (Å²) in [4.78, 5) is 22.9. The first kappa shape index (κ1) is 15.9. The smallest absolute Gasteiger partial charge is 0.222 e. The summed E-state index contributed by atoms with van der Waals surface area (Å²) in [5.74, 6) is -0.175. The van der Waals surface area contributed by atoms with Gasteiger partial charge in [0.2, 0.25) is 11.8 Å². The van der Waals surface area contributed by atoms with Crippen molar-refractivity contribution in [3.8, 4) is 0 Å². The molecular formula is C12H23N3O4. The van der Waals surface area contributed by atoms with Crippen LogP contribution in [0.4, 0.5) is 0 Å². The molecule has 3 N–H and O–H groups in total. The Kier molecular flexibility index (Phi) is 8.11. The van der Waals surface area contributed by atoms with Crippen LogP contribution < -0.4 is 16.0 Å².